The highest BCUT2D eigenvalue weighted by Gasteiger charge is 2.19. The SMILES string of the molecule is CC(c1ccc(F)cc1)N(C)C(=O)c1ccc(OCC2CCCO2)cc1. The normalized spacial score (nSPS) is 17.7. The van der Waals surface area contributed by atoms with Gasteiger partial charge in [0.15, 0.2) is 0 Å². The van der Waals surface area contributed by atoms with Gasteiger partial charge in [0.05, 0.1) is 12.1 Å². The lowest BCUT2D eigenvalue weighted by molar-refractivity contribution is 0.0678. The Morgan fingerprint density at radius 2 is 1.92 bits per heavy atom. The topological polar surface area (TPSA) is 38.8 Å². The number of carbonyl (C=O) groups excluding carboxylic acids is 1. The van der Waals surface area contributed by atoms with Crippen molar-refractivity contribution in [2.75, 3.05) is 20.3 Å². The second-order valence-electron chi connectivity index (χ2n) is 6.61. The Labute approximate surface area is 153 Å². The van der Waals surface area contributed by atoms with Crippen LogP contribution in [0.25, 0.3) is 0 Å². The van der Waals surface area contributed by atoms with Crippen LogP contribution in [0.5, 0.6) is 5.75 Å². The van der Waals surface area contributed by atoms with Gasteiger partial charge in [-0.15, -0.1) is 0 Å². The van der Waals surface area contributed by atoms with Crippen molar-refractivity contribution in [1.29, 1.82) is 0 Å². The van der Waals surface area contributed by atoms with E-state index in [1.165, 1.54) is 12.1 Å². The summed E-state index contributed by atoms with van der Waals surface area (Å²) in [6, 6.07) is 13.2. The number of amides is 1. The Bertz CT molecular complexity index is 724. The smallest absolute Gasteiger partial charge is 0.254 e. The van der Waals surface area contributed by atoms with Crippen LogP contribution < -0.4 is 4.74 Å². The molecule has 1 amide bonds. The molecule has 0 aromatic heterocycles. The van der Waals surface area contributed by atoms with Gasteiger partial charge >= 0.3 is 0 Å². The zero-order valence-electron chi connectivity index (χ0n) is 15.2. The van der Waals surface area contributed by atoms with E-state index in [1.54, 1.807) is 48.3 Å². The third kappa shape index (κ3) is 4.41. The van der Waals surface area contributed by atoms with Crippen molar-refractivity contribution in [1.82, 2.24) is 4.90 Å². The molecule has 0 N–H and O–H groups in total. The number of ether oxygens (including phenoxy) is 2. The molecule has 2 atom stereocenters. The largest absolute Gasteiger partial charge is 0.491 e. The van der Waals surface area contributed by atoms with Crippen LogP contribution in [0.2, 0.25) is 0 Å². The molecule has 1 aliphatic heterocycles. The van der Waals surface area contributed by atoms with Crippen LogP contribution in [-0.4, -0.2) is 37.2 Å². The fourth-order valence-corrected chi connectivity index (χ4v) is 3.00. The Kier molecular flexibility index (Phi) is 5.89. The van der Waals surface area contributed by atoms with Crippen molar-refractivity contribution >= 4 is 5.91 Å². The number of hydrogen-bond acceptors (Lipinski definition) is 3. The number of carbonyl (C=O) groups is 1. The van der Waals surface area contributed by atoms with Crippen molar-refractivity contribution < 1.29 is 18.7 Å². The number of halogens is 1. The van der Waals surface area contributed by atoms with E-state index in [1.807, 2.05) is 6.92 Å². The van der Waals surface area contributed by atoms with Gasteiger partial charge in [0, 0.05) is 19.2 Å². The predicted molar refractivity (Wildman–Crippen MR) is 97.8 cm³/mol. The van der Waals surface area contributed by atoms with Gasteiger partial charge in [0.1, 0.15) is 18.2 Å². The molecule has 0 spiro atoms. The molecule has 5 heteroatoms. The van der Waals surface area contributed by atoms with Gasteiger partial charge in [-0.2, -0.15) is 0 Å². The van der Waals surface area contributed by atoms with E-state index < -0.39 is 0 Å². The first-order valence-electron chi connectivity index (χ1n) is 8.91. The van der Waals surface area contributed by atoms with Crippen LogP contribution in [-0.2, 0) is 4.74 Å². The third-order valence-corrected chi connectivity index (χ3v) is 4.81. The minimum absolute atomic E-state index is 0.0903. The molecular formula is C21H24FNO3. The Morgan fingerprint density at radius 1 is 1.23 bits per heavy atom. The minimum atomic E-state index is -0.284. The summed E-state index contributed by atoms with van der Waals surface area (Å²) in [6.45, 7) is 3.26. The number of nitrogens with zero attached hydrogens (tertiary/aromatic N) is 1. The first-order valence-corrected chi connectivity index (χ1v) is 8.91. The van der Waals surface area contributed by atoms with Gasteiger partial charge in [0.25, 0.3) is 5.91 Å². The van der Waals surface area contributed by atoms with E-state index in [9.17, 15) is 9.18 Å². The summed E-state index contributed by atoms with van der Waals surface area (Å²) in [7, 11) is 1.75. The molecule has 2 aromatic carbocycles. The van der Waals surface area contributed by atoms with Crippen LogP contribution in [0.15, 0.2) is 48.5 Å². The maximum absolute atomic E-state index is 13.1. The second-order valence-corrected chi connectivity index (χ2v) is 6.61. The van der Waals surface area contributed by atoms with Gasteiger partial charge in [-0.25, -0.2) is 4.39 Å². The van der Waals surface area contributed by atoms with E-state index in [2.05, 4.69) is 0 Å². The maximum atomic E-state index is 13.1. The molecule has 4 nitrogen and oxygen atoms in total. The molecule has 3 rings (SSSR count). The van der Waals surface area contributed by atoms with Crippen molar-refractivity contribution in [2.45, 2.75) is 31.9 Å². The predicted octanol–water partition coefficient (Wildman–Crippen LogP) is 4.22. The summed E-state index contributed by atoms with van der Waals surface area (Å²) >= 11 is 0. The number of benzene rings is 2. The summed E-state index contributed by atoms with van der Waals surface area (Å²) < 4.78 is 24.3. The van der Waals surface area contributed by atoms with Crippen LogP contribution in [0, 0.1) is 5.82 Å². The zero-order chi connectivity index (χ0) is 18.5. The van der Waals surface area contributed by atoms with Gasteiger partial charge in [0.2, 0.25) is 0 Å². The maximum Gasteiger partial charge on any atom is 0.254 e. The van der Waals surface area contributed by atoms with Crippen LogP contribution in [0.4, 0.5) is 4.39 Å². The van der Waals surface area contributed by atoms with Crippen molar-refractivity contribution in [3.05, 3.63) is 65.5 Å². The molecule has 1 aliphatic rings. The Balaban J connectivity index is 1.60. The summed E-state index contributed by atoms with van der Waals surface area (Å²) in [6.07, 6.45) is 2.28. The van der Waals surface area contributed by atoms with E-state index in [-0.39, 0.29) is 23.9 Å². The molecule has 138 valence electrons. The molecule has 1 heterocycles. The van der Waals surface area contributed by atoms with E-state index in [0.29, 0.717) is 12.2 Å². The van der Waals surface area contributed by atoms with Gasteiger partial charge < -0.3 is 14.4 Å². The Hall–Kier alpha value is -2.40. The fraction of sp³-hybridized carbons (Fsp3) is 0.381. The van der Waals surface area contributed by atoms with Crippen LogP contribution >= 0.6 is 0 Å². The standard InChI is InChI=1S/C21H24FNO3/c1-15(16-5-9-18(22)10-6-16)23(2)21(24)17-7-11-19(12-8-17)26-14-20-4-3-13-25-20/h5-12,15,20H,3-4,13-14H2,1-2H3. The van der Waals surface area contributed by atoms with Gasteiger partial charge in [-0.1, -0.05) is 12.1 Å². The van der Waals surface area contributed by atoms with Crippen LogP contribution in [0.3, 0.4) is 0 Å². The first-order chi connectivity index (χ1) is 12.5. The van der Waals surface area contributed by atoms with E-state index >= 15 is 0 Å². The average molecular weight is 357 g/mol. The average Bonchev–Trinajstić information content (AvgIpc) is 3.19. The first kappa shape index (κ1) is 18.4. The number of hydrogen-bond donors (Lipinski definition) is 0. The molecule has 26 heavy (non-hydrogen) atoms. The van der Waals surface area contributed by atoms with E-state index in [0.717, 1.165) is 30.8 Å². The lowest BCUT2D eigenvalue weighted by Crippen LogP contribution is -2.29. The van der Waals surface area contributed by atoms with Crippen molar-refractivity contribution in [3.8, 4) is 5.75 Å². The highest BCUT2D eigenvalue weighted by Crippen LogP contribution is 2.22. The molecule has 1 saturated heterocycles. The van der Waals surface area contributed by atoms with Crippen LogP contribution in [0.1, 0.15) is 41.7 Å². The van der Waals surface area contributed by atoms with Gasteiger partial charge in [-0.05, 0) is 61.7 Å². The van der Waals surface area contributed by atoms with E-state index in [4.69, 9.17) is 9.47 Å². The summed E-state index contributed by atoms with van der Waals surface area (Å²) in [4.78, 5) is 14.3. The molecular weight excluding hydrogens is 333 g/mol. The van der Waals surface area contributed by atoms with Crippen molar-refractivity contribution in [3.63, 3.8) is 0 Å². The summed E-state index contributed by atoms with van der Waals surface area (Å²) in [5, 5.41) is 0. The quantitative estimate of drug-likeness (QED) is 0.777. The minimum Gasteiger partial charge on any atom is -0.491 e. The highest BCUT2D eigenvalue weighted by atomic mass is 19.1. The molecule has 0 saturated carbocycles. The zero-order valence-corrected chi connectivity index (χ0v) is 15.2. The molecule has 1 fully saturated rings. The second kappa shape index (κ2) is 8.32. The third-order valence-electron chi connectivity index (χ3n) is 4.81. The fourth-order valence-electron chi connectivity index (χ4n) is 3.00. The lowest BCUT2D eigenvalue weighted by Gasteiger charge is -2.25. The molecule has 0 radical (unpaired) electrons. The highest BCUT2D eigenvalue weighted by molar-refractivity contribution is 5.94. The van der Waals surface area contributed by atoms with Gasteiger partial charge in [-0.3, -0.25) is 4.79 Å². The molecule has 2 unspecified atom stereocenters. The Morgan fingerprint density at radius 3 is 2.54 bits per heavy atom. The lowest BCUT2D eigenvalue weighted by atomic mass is 10.1. The molecule has 0 bridgehead atoms. The van der Waals surface area contributed by atoms with Crippen molar-refractivity contribution in [2.24, 2.45) is 0 Å². The molecule has 2 aromatic rings. The summed E-state index contributed by atoms with van der Waals surface area (Å²) in [5.74, 6) is 0.354. The monoisotopic (exact) mass is 357 g/mol. The molecule has 0 aliphatic carbocycles. The summed E-state index contributed by atoms with van der Waals surface area (Å²) in [5.41, 5.74) is 1.48. The number of rotatable bonds is 6.